The Morgan fingerprint density at radius 1 is 0.971 bits per heavy atom. The van der Waals surface area contributed by atoms with Crippen LogP contribution >= 0.6 is 11.3 Å². The lowest BCUT2D eigenvalue weighted by Crippen LogP contribution is -2.54. The lowest BCUT2D eigenvalue weighted by Gasteiger charge is -2.37. The number of nitrogens with one attached hydrogen (secondary N) is 3. The molecule has 180 valence electrons. The molecular weight excluding hydrogens is 470 g/mol. The predicted molar refractivity (Wildman–Crippen MR) is 134 cm³/mol. The third-order valence-corrected chi connectivity index (χ3v) is 6.84. The molecule has 6 nitrogen and oxygen atoms in total. The number of hydrogen-bond donors (Lipinski definition) is 3. The van der Waals surface area contributed by atoms with Crippen LogP contribution in [0.4, 0.5) is 20.2 Å². The first kappa shape index (κ1) is 23.2. The molecule has 2 atom stereocenters. The molecule has 0 radical (unpaired) electrons. The average molecular weight is 495 g/mol. The van der Waals surface area contributed by atoms with Gasteiger partial charge in [-0.1, -0.05) is 6.07 Å². The van der Waals surface area contributed by atoms with Crippen molar-refractivity contribution < 1.29 is 18.4 Å². The van der Waals surface area contributed by atoms with Crippen LogP contribution in [0.5, 0.6) is 0 Å². The number of rotatable bonds is 4. The summed E-state index contributed by atoms with van der Waals surface area (Å²) in [5.41, 5.74) is 2.94. The zero-order valence-electron chi connectivity index (χ0n) is 19.2. The minimum Gasteiger partial charge on any atom is -0.364 e. The van der Waals surface area contributed by atoms with Gasteiger partial charge in [0.2, 0.25) is 0 Å². The van der Waals surface area contributed by atoms with Gasteiger partial charge in [0.15, 0.2) is 11.6 Å². The Kier molecular flexibility index (Phi) is 6.12. The van der Waals surface area contributed by atoms with Crippen molar-refractivity contribution >= 4 is 40.1 Å². The van der Waals surface area contributed by atoms with E-state index in [1.165, 1.54) is 18.3 Å². The molecule has 5 rings (SSSR count). The summed E-state index contributed by atoms with van der Waals surface area (Å²) in [6.07, 6.45) is 1.38. The Hall–Kier alpha value is -3.56. The maximum atomic E-state index is 15.0. The molecule has 3 aromatic rings. The van der Waals surface area contributed by atoms with E-state index >= 15 is 8.78 Å². The molecule has 2 aromatic carbocycles. The summed E-state index contributed by atoms with van der Waals surface area (Å²) in [6.45, 7) is 4.93. The molecule has 0 bridgehead atoms. The lowest BCUT2D eigenvalue weighted by molar-refractivity contribution is -0.114. The fourth-order valence-corrected chi connectivity index (χ4v) is 5.36. The van der Waals surface area contributed by atoms with E-state index in [9.17, 15) is 9.59 Å². The van der Waals surface area contributed by atoms with Crippen LogP contribution in [0.25, 0.3) is 16.7 Å². The Morgan fingerprint density at radius 2 is 1.69 bits per heavy atom. The number of benzene rings is 2. The second-order valence-corrected chi connectivity index (χ2v) is 9.70. The number of carbonyl (C=O) groups excluding carboxylic acids is 2. The van der Waals surface area contributed by atoms with Crippen LogP contribution in [-0.2, 0) is 4.79 Å². The van der Waals surface area contributed by atoms with E-state index in [1.807, 2.05) is 36.7 Å². The molecule has 1 fully saturated rings. The van der Waals surface area contributed by atoms with Crippen molar-refractivity contribution in [3.8, 4) is 11.1 Å². The molecule has 3 N–H and O–H groups in total. The van der Waals surface area contributed by atoms with E-state index < -0.39 is 23.4 Å². The molecule has 2 aliphatic heterocycles. The predicted octanol–water partition coefficient (Wildman–Crippen LogP) is 4.60. The number of carbonyl (C=O) groups is 2. The van der Waals surface area contributed by atoms with Crippen LogP contribution in [0.1, 0.15) is 29.8 Å². The maximum absolute atomic E-state index is 15.0. The topological polar surface area (TPSA) is 73.5 Å². The summed E-state index contributed by atoms with van der Waals surface area (Å²) in [5.74, 6) is -2.44. The lowest BCUT2D eigenvalue weighted by atomic mass is 9.92. The average Bonchev–Trinajstić information content (AvgIpc) is 3.32. The molecular formula is C26H24F2N4O2S. The number of hydrogen-bond acceptors (Lipinski definition) is 6. The summed E-state index contributed by atoms with van der Waals surface area (Å²) < 4.78 is 30.0. The van der Waals surface area contributed by atoms with Gasteiger partial charge in [0.1, 0.15) is 5.69 Å². The highest BCUT2D eigenvalue weighted by atomic mass is 32.1. The Balaban J connectivity index is 1.46. The zero-order chi connectivity index (χ0) is 24.7. The van der Waals surface area contributed by atoms with Crippen LogP contribution in [0.15, 0.2) is 53.4 Å². The second-order valence-electron chi connectivity index (χ2n) is 8.92. The van der Waals surface area contributed by atoms with Gasteiger partial charge in [-0.3, -0.25) is 14.9 Å². The van der Waals surface area contributed by atoms with Gasteiger partial charge < -0.3 is 15.5 Å². The Bertz CT molecular complexity index is 1310. The molecule has 0 aliphatic carbocycles. The molecule has 1 aromatic heterocycles. The van der Waals surface area contributed by atoms with Crippen LogP contribution in [0.2, 0.25) is 0 Å². The number of amides is 2. The first-order valence-corrected chi connectivity index (χ1v) is 12.2. The van der Waals surface area contributed by atoms with Crippen molar-refractivity contribution in [3.05, 3.63) is 76.1 Å². The minimum atomic E-state index is -0.685. The van der Waals surface area contributed by atoms with Crippen molar-refractivity contribution in [1.82, 2.24) is 10.6 Å². The van der Waals surface area contributed by atoms with Gasteiger partial charge in [-0.25, -0.2) is 8.78 Å². The molecule has 0 saturated carbocycles. The summed E-state index contributed by atoms with van der Waals surface area (Å²) >= 11 is 1.54. The zero-order valence-corrected chi connectivity index (χ0v) is 20.0. The Morgan fingerprint density at radius 3 is 2.34 bits per heavy atom. The van der Waals surface area contributed by atoms with E-state index in [-0.39, 0.29) is 29.0 Å². The highest BCUT2D eigenvalue weighted by Crippen LogP contribution is 2.32. The van der Waals surface area contributed by atoms with Gasteiger partial charge in [-0.2, -0.15) is 11.3 Å². The van der Waals surface area contributed by atoms with E-state index in [1.54, 1.807) is 28.4 Å². The molecule has 1 saturated heterocycles. The quantitative estimate of drug-likeness (QED) is 0.365. The van der Waals surface area contributed by atoms with E-state index in [2.05, 4.69) is 16.0 Å². The second kappa shape index (κ2) is 9.24. The fourth-order valence-electron chi connectivity index (χ4n) is 4.69. The van der Waals surface area contributed by atoms with Gasteiger partial charge in [0.25, 0.3) is 11.8 Å². The van der Waals surface area contributed by atoms with Crippen molar-refractivity contribution in [1.29, 1.82) is 0 Å². The number of fused-ring (bicyclic) bond motifs is 1. The van der Waals surface area contributed by atoms with Gasteiger partial charge in [-0.05, 0) is 66.1 Å². The van der Waals surface area contributed by atoms with Crippen LogP contribution in [-0.4, -0.2) is 37.0 Å². The van der Waals surface area contributed by atoms with Crippen molar-refractivity contribution in [2.45, 2.75) is 25.9 Å². The van der Waals surface area contributed by atoms with Gasteiger partial charge in [-0.15, -0.1) is 0 Å². The number of halogens is 2. The summed E-state index contributed by atoms with van der Waals surface area (Å²) in [5, 5.41) is 12.4. The van der Waals surface area contributed by atoms with Crippen LogP contribution in [0, 0.1) is 11.6 Å². The van der Waals surface area contributed by atoms with Crippen molar-refractivity contribution in [2.75, 3.05) is 23.3 Å². The number of thiophene rings is 1. The van der Waals surface area contributed by atoms with E-state index in [4.69, 9.17) is 0 Å². The normalized spacial score (nSPS) is 21.1. The van der Waals surface area contributed by atoms with E-state index in [0.717, 1.165) is 11.1 Å². The van der Waals surface area contributed by atoms with E-state index in [0.29, 0.717) is 24.2 Å². The largest absolute Gasteiger partial charge is 0.364 e. The Labute approximate surface area is 205 Å². The summed E-state index contributed by atoms with van der Waals surface area (Å²) in [6, 6.07) is 9.84. The molecule has 3 heterocycles. The highest BCUT2D eigenvalue weighted by Gasteiger charge is 2.28. The van der Waals surface area contributed by atoms with Crippen LogP contribution in [0.3, 0.4) is 0 Å². The minimum absolute atomic E-state index is 0.0600. The number of nitrogens with zero attached hydrogens (tertiary/aromatic N) is 1. The molecule has 35 heavy (non-hydrogen) atoms. The maximum Gasteiger partial charge on any atom is 0.260 e. The van der Waals surface area contributed by atoms with Gasteiger partial charge >= 0.3 is 0 Å². The van der Waals surface area contributed by atoms with Gasteiger partial charge in [0, 0.05) is 48.2 Å². The number of piperazine rings is 1. The first-order valence-electron chi connectivity index (χ1n) is 11.3. The fraction of sp³-hybridized carbons (Fsp3) is 0.231. The molecule has 0 unspecified atom stereocenters. The van der Waals surface area contributed by atoms with Gasteiger partial charge in [0.05, 0.1) is 5.57 Å². The van der Waals surface area contributed by atoms with Crippen molar-refractivity contribution in [2.24, 2.45) is 0 Å². The molecule has 2 aliphatic rings. The van der Waals surface area contributed by atoms with Crippen LogP contribution < -0.4 is 20.9 Å². The summed E-state index contributed by atoms with van der Waals surface area (Å²) in [7, 11) is 0. The smallest absolute Gasteiger partial charge is 0.260 e. The third kappa shape index (κ3) is 4.56. The SMILES string of the molecule is C[C@@H]1CN(c2c(F)cc(NC=C3C(=O)NC(=O)c4ccc(-c5ccsc5)cc43)cc2F)C[C@H](C)N1. The number of imide groups is 1. The highest BCUT2D eigenvalue weighted by molar-refractivity contribution is 7.08. The monoisotopic (exact) mass is 494 g/mol. The number of anilines is 2. The standard InChI is InChI=1S/C26H24F2N4O2S/c1-14-11-32(12-15(2)30-14)24-22(27)8-18(9-23(24)28)29-10-21-20-7-16(17-5-6-35-13-17)3-4-19(20)25(33)31-26(21)34/h3-10,13-15,29-30H,11-12H2,1-2H3,(H,31,33,34)/t14-,15+. The third-order valence-electron chi connectivity index (χ3n) is 6.15. The summed E-state index contributed by atoms with van der Waals surface area (Å²) in [4.78, 5) is 26.7. The van der Waals surface area contributed by atoms with Crippen molar-refractivity contribution in [3.63, 3.8) is 0 Å². The molecule has 9 heteroatoms. The first-order chi connectivity index (χ1) is 16.8. The molecule has 0 spiro atoms. The molecule has 2 amide bonds.